The Kier molecular flexibility index (Phi) is 4.56. The quantitative estimate of drug-likeness (QED) is 0.883. The van der Waals surface area contributed by atoms with Gasteiger partial charge in [0.15, 0.2) is 6.10 Å². The molecule has 0 bridgehead atoms. The van der Waals surface area contributed by atoms with Gasteiger partial charge in [0.1, 0.15) is 5.75 Å². The third-order valence-corrected chi connectivity index (χ3v) is 2.86. The largest absolute Gasteiger partial charge is 0.481 e. The Bertz CT molecular complexity index is 624. The molecule has 0 spiro atoms. The van der Waals surface area contributed by atoms with Crippen molar-refractivity contribution in [3.05, 3.63) is 60.2 Å². The summed E-state index contributed by atoms with van der Waals surface area (Å²) in [6.45, 7) is 1.65. The molecule has 1 atom stereocenters. The van der Waals surface area contributed by atoms with E-state index in [1.54, 1.807) is 43.3 Å². The van der Waals surface area contributed by atoms with Crippen molar-refractivity contribution in [2.24, 2.45) is 5.73 Å². The van der Waals surface area contributed by atoms with E-state index in [2.05, 4.69) is 5.32 Å². The number of carbonyl (C=O) groups is 2. The number of nitrogens with one attached hydrogen (secondary N) is 1. The predicted octanol–water partition coefficient (Wildman–Crippen LogP) is 2.19. The number of carbonyl (C=O) groups excluding carboxylic acids is 2. The summed E-state index contributed by atoms with van der Waals surface area (Å²) < 4.78 is 5.52. The van der Waals surface area contributed by atoms with Gasteiger partial charge in [-0.2, -0.15) is 0 Å². The van der Waals surface area contributed by atoms with Crippen molar-refractivity contribution in [2.45, 2.75) is 13.0 Å². The second-order valence-corrected chi connectivity index (χ2v) is 4.50. The molecule has 2 aromatic carbocycles. The highest BCUT2D eigenvalue weighted by Crippen LogP contribution is 2.14. The highest BCUT2D eigenvalue weighted by Gasteiger charge is 2.14. The minimum atomic E-state index is -0.662. The van der Waals surface area contributed by atoms with Crippen LogP contribution in [0.4, 0.5) is 5.69 Å². The smallest absolute Gasteiger partial charge is 0.265 e. The van der Waals surface area contributed by atoms with Crippen molar-refractivity contribution in [1.29, 1.82) is 0 Å². The molecule has 0 saturated carbocycles. The zero-order valence-corrected chi connectivity index (χ0v) is 11.6. The van der Waals surface area contributed by atoms with Crippen LogP contribution >= 0.6 is 0 Å². The summed E-state index contributed by atoms with van der Waals surface area (Å²) in [4.78, 5) is 22.9. The molecule has 3 N–H and O–H groups in total. The van der Waals surface area contributed by atoms with Gasteiger partial charge in [0.05, 0.1) is 0 Å². The fraction of sp³-hybridized carbons (Fsp3) is 0.125. The molecule has 108 valence electrons. The lowest BCUT2D eigenvalue weighted by Gasteiger charge is -2.14. The van der Waals surface area contributed by atoms with Gasteiger partial charge in [-0.15, -0.1) is 0 Å². The number of hydrogen-bond acceptors (Lipinski definition) is 3. The molecule has 0 aromatic heterocycles. The van der Waals surface area contributed by atoms with Gasteiger partial charge in [0.2, 0.25) is 5.91 Å². The van der Waals surface area contributed by atoms with Crippen LogP contribution < -0.4 is 15.8 Å². The lowest BCUT2D eigenvalue weighted by Crippen LogP contribution is -2.30. The first kappa shape index (κ1) is 14.6. The van der Waals surface area contributed by atoms with Crippen LogP contribution in [0.2, 0.25) is 0 Å². The molecule has 0 radical (unpaired) electrons. The maximum Gasteiger partial charge on any atom is 0.265 e. The lowest BCUT2D eigenvalue weighted by atomic mass is 10.2. The summed E-state index contributed by atoms with van der Waals surface area (Å²) in [5, 5.41) is 2.75. The van der Waals surface area contributed by atoms with Gasteiger partial charge >= 0.3 is 0 Å². The predicted molar refractivity (Wildman–Crippen MR) is 80.1 cm³/mol. The summed E-state index contributed by atoms with van der Waals surface area (Å²) in [6, 6.07) is 15.5. The van der Waals surface area contributed by atoms with Gasteiger partial charge in [-0.25, -0.2) is 0 Å². The fourth-order valence-corrected chi connectivity index (χ4v) is 1.72. The monoisotopic (exact) mass is 284 g/mol. The number of rotatable bonds is 5. The van der Waals surface area contributed by atoms with Gasteiger partial charge in [-0.3, -0.25) is 9.59 Å². The first-order valence-corrected chi connectivity index (χ1v) is 6.48. The van der Waals surface area contributed by atoms with Crippen LogP contribution in [-0.4, -0.2) is 17.9 Å². The van der Waals surface area contributed by atoms with Crippen LogP contribution in [0.25, 0.3) is 0 Å². The van der Waals surface area contributed by atoms with Crippen molar-refractivity contribution >= 4 is 17.5 Å². The molecule has 5 nitrogen and oxygen atoms in total. The normalized spacial score (nSPS) is 11.5. The first-order valence-electron chi connectivity index (χ1n) is 6.48. The number of primary amides is 1. The SMILES string of the molecule is C[C@H](Oc1ccc(C(N)=O)cc1)C(=O)Nc1ccccc1. The molecule has 0 unspecified atom stereocenters. The van der Waals surface area contributed by atoms with Crippen LogP contribution in [-0.2, 0) is 4.79 Å². The number of para-hydroxylation sites is 1. The van der Waals surface area contributed by atoms with Crippen molar-refractivity contribution in [2.75, 3.05) is 5.32 Å². The van der Waals surface area contributed by atoms with E-state index in [4.69, 9.17) is 10.5 Å². The van der Waals surface area contributed by atoms with E-state index in [0.717, 1.165) is 0 Å². The highest BCUT2D eigenvalue weighted by molar-refractivity contribution is 5.94. The van der Waals surface area contributed by atoms with Gasteiger partial charge in [-0.1, -0.05) is 18.2 Å². The summed E-state index contributed by atoms with van der Waals surface area (Å²) in [5.74, 6) is -0.257. The zero-order chi connectivity index (χ0) is 15.2. The lowest BCUT2D eigenvalue weighted by molar-refractivity contribution is -0.122. The molecule has 0 heterocycles. The van der Waals surface area contributed by atoms with E-state index < -0.39 is 12.0 Å². The van der Waals surface area contributed by atoms with Crippen molar-refractivity contribution in [3.63, 3.8) is 0 Å². The van der Waals surface area contributed by atoms with Gasteiger partial charge in [0, 0.05) is 11.3 Å². The second kappa shape index (κ2) is 6.56. The Hall–Kier alpha value is -2.82. The molecular weight excluding hydrogens is 268 g/mol. The summed E-state index contributed by atoms with van der Waals surface area (Å²) in [6.07, 6.45) is -0.662. The van der Waals surface area contributed by atoms with Crippen LogP contribution in [0.15, 0.2) is 54.6 Å². The highest BCUT2D eigenvalue weighted by atomic mass is 16.5. The van der Waals surface area contributed by atoms with Crippen molar-refractivity contribution in [1.82, 2.24) is 0 Å². The van der Waals surface area contributed by atoms with Crippen LogP contribution in [0, 0.1) is 0 Å². The minimum absolute atomic E-state index is 0.250. The maximum atomic E-state index is 12.0. The van der Waals surface area contributed by atoms with E-state index in [-0.39, 0.29) is 5.91 Å². The van der Waals surface area contributed by atoms with Crippen molar-refractivity contribution < 1.29 is 14.3 Å². The molecule has 2 amide bonds. The van der Waals surface area contributed by atoms with E-state index in [1.807, 2.05) is 18.2 Å². The van der Waals surface area contributed by atoms with E-state index in [0.29, 0.717) is 17.0 Å². The zero-order valence-electron chi connectivity index (χ0n) is 11.6. The molecule has 0 aliphatic heterocycles. The summed E-state index contributed by atoms with van der Waals surface area (Å²) >= 11 is 0. The number of nitrogens with two attached hydrogens (primary N) is 1. The molecule has 0 aliphatic carbocycles. The van der Waals surface area contributed by atoms with E-state index in [9.17, 15) is 9.59 Å². The Morgan fingerprint density at radius 2 is 1.67 bits per heavy atom. The molecule has 0 aliphatic rings. The third kappa shape index (κ3) is 4.07. The maximum absolute atomic E-state index is 12.0. The molecule has 0 fully saturated rings. The number of hydrogen-bond donors (Lipinski definition) is 2. The van der Waals surface area contributed by atoms with Gasteiger partial charge < -0.3 is 15.8 Å². The Morgan fingerprint density at radius 1 is 1.05 bits per heavy atom. The van der Waals surface area contributed by atoms with E-state index >= 15 is 0 Å². The van der Waals surface area contributed by atoms with Gasteiger partial charge in [-0.05, 0) is 43.3 Å². The molecule has 21 heavy (non-hydrogen) atoms. The third-order valence-electron chi connectivity index (χ3n) is 2.86. The number of benzene rings is 2. The Labute approximate surface area is 122 Å². The molecular formula is C16H16N2O3. The van der Waals surface area contributed by atoms with Crippen LogP contribution in [0.5, 0.6) is 5.75 Å². The average molecular weight is 284 g/mol. The van der Waals surface area contributed by atoms with Crippen molar-refractivity contribution in [3.8, 4) is 5.75 Å². The van der Waals surface area contributed by atoms with Crippen LogP contribution in [0.3, 0.4) is 0 Å². The molecule has 0 saturated heterocycles. The van der Waals surface area contributed by atoms with Crippen LogP contribution in [0.1, 0.15) is 17.3 Å². The number of ether oxygens (including phenoxy) is 1. The molecule has 2 rings (SSSR count). The standard InChI is InChI=1S/C16H16N2O3/c1-11(16(20)18-13-5-3-2-4-6-13)21-14-9-7-12(8-10-14)15(17)19/h2-11H,1H3,(H2,17,19)(H,18,20)/t11-/m0/s1. The van der Waals surface area contributed by atoms with Gasteiger partial charge in [0.25, 0.3) is 5.91 Å². The Morgan fingerprint density at radius 3 is 2.24 bits per heavy atom. The molecule has 5 heteroatoms. The topological polar surface area (TPSA) is 81.4 Å². The molecule has 2 aromatic rings. The average Bonchev–Trinajstić information content (AvgIpc) is 2.48. The fourth-order valence-electron chi connectivity index (χ4n) is 1.72. The van der Waals surface area contributed by atoms with E-state index in [1.165, 1.54) is 0 Å². The summed E-state index contributed by atoms with van der Waals surface area (Å²) in [7, 11) is 0. The minimum Gasteiger partial charge on any atom is -0.481 e. The second-order valence-electron chi connectivity index (χ2n) is 4.50. The number of anilines is 1. The first-order chi connectivity index (χ1) is 10.1. The number of amides is 2. The Balaban J connectivity index is 1.95. The summed E-state index contributed by atoms with van der Waals surface area (Å²) in [5.41, 5.74) is 6.26.